The molecule has 84 valence electrons. The van der Waals surface area contributed by atoms with Gasteiger partial charge in [0.25, 0.3) is 0 Å². The number of aromatic nitrogens is 1. The number of pyridine rings is 1. The van der Waals surface area contributed by atoms with E-state index in [2.05, 4.69) is 10.3 Å². The Morgan fingerprint density at radius 3 is 3.07 bits per heavy atom. The average molecular weight is 210 g/mol. The maximum absolute atomic E-state index is 9.39. The van der Waals surface area contributed by atoms with E-state index in [1.807, 2.05) is 19.1 Å². The third kappa shape index (κ3) is 4.38. The molecule has 0 saturated carbocycles. The van der Waals surface area contributed by atoms with E-state index in [1.165, 1.54) is 0 Å². The monoisotopic (exact) mass is 210 g/mol. The van der Waals surface area contributed by atoms with Crippen molar-refractivity contribution in [3.63, 3.8) is 0 Å². The summed E-state index contributed by atoms with van der Waals surface area (Å²) < 4.78 is 4.83. The van der Waals surface area contributed by atoms with E-state index in [-0.39, 0.29) is 0 Å². The Morgan fingerprint density at radius 1 is 1.60 bits per heavy atom. The van der Waals surface area contributed by atoms with Gasteiger partial charge in [0.2, 0.25) is 0 Å². The van der Waals surface area contributed by atoms with Crippen molar-refractivity contribution in [2.75, 3.05) is 20.3 Å². The highest BCUT2D eigenvalue weighted by Crippen LogP contribution is 2.02. The molecule has 0 aliphatic carbocycles. The molecule has 0 saturated heterocycles. The Labute approximate surface area is 90.3 Å². The van der Waals surface area contributed by atoms with E-state index in [9.17, 15) is 5.11 Å². The van der Waals surface area contributed by atoms with Crippen LogP contribution in [-0.2, 0) is 11.3 Å². The fourth-order valence-electron chi connectivity index (χ4n) is 1.33. The molecule has 4 heteroatoms. The van der Waals surface area contributed by atoms with Crippen molar-refractivity contribution in [1.82, 2.24) is 10.3 Å². The van der Waals surface area contributed by atoms with E-state index in [0.717, 1.165) is 17.8 Å². The summed E-state index contributed by atoms with van der Waals surface area (Å²) in [4.78, 5) is 4.19. The van der Waals surface area contributed by atoms with Crippen LogP contribution in [0.5, 0.6) is 0 Å². The van der Waals surface area contributed by atoms with Crippen molar-refractivity contribution in [3.8, 4) is 0 Å². The van der Waals surface area contributed by atoms with Crippen molar-refractivity contribution in [2.45, 2.75) is 19.6 Å². The van der Waals surface area contributed by atoms with Gasteiger partial charge in [0, 0.05) is 32.1 Å². The highest BCUT2D eigenvalue weighted by molar-refractivity contribution is 5.17. The fraction of sp³-hybridized carbons (Fsp3) is 0.545. The van der Waals surface area contributed by atoms with Gasteiger partial charge in [-0.3, -0.25) is 4.98 Å². The summed E-state index contributed by atoms with van der Waals surface area (Å²) in [5, 5.41) is 12.6. The predicted molar refractivity (Wildman–Crippen MR) is 58.6 cm³/mol. The summed E-state index contributed by atoms with van der Waals surface area (Å²) in [7, 11) is 1.58. The molecule has 1 rings (SSSR count). The SMILES string of the molecule is COCC(O)CNCc1cccnc1C. The Hall–Kier alpha value is -0.970. The zero-order chi connectivity index (χ0) is 11.1. The molecule has 4 nitrogen and oxygen atoms in total. The summed E-state index contributed by atoms with van der Waals surface area (Å²) in [6.07, 6.45) is 1.32. The summed E-state index contributed by atoms with van der Waals surface area (Å²) in [6, 6.07) is 3.94. The molecule has 15 heavy (non-hydrogen) atoms. The minimum absolute atomic E-state index is 0.360. The summed E-state index contributed by atoms with van der Waals surface area (Å²) >= 11 is 0. The van der Waals surface area contributed by atoms with E-state index in [0.29, 0.717) is 13.2 Å². The van der Waals surface area contributed by atoms with Crippen molar-refractivity contribution in [3.05, 3.63) is 29.6 Å². The van der Waals surface area contributed by atoms with Gasteiger partial charge in [0.05, 0.1) is 12.7 Å². The van der Waals surface area contributed by atoms with Crippen LogP contribution >= 0.6 is 0 Å². The Bertz CT molecular complexity index is 292. The number of aliphatic hydroxyl groups excluding tert-OH is 1. The maximum Gasteiger partial charge on any atom is 0.0897 e. The molecule has 1 aromatic heterocycles. The molecule has 0 aliphatic heterocycles. The lowest BCUT2D eigenvalue weighted by Gasteiger charge is -2.11. The predicted octanol–water partition coefficient (Wildman–Crippen LogP) is 0.487. The van der Waals surface area contributed by atoms with Crippen molar-refractivity contribution < 1.29 is 9.84 Å². The Morgan fingerprint density at radius 2 is 2.40 bits per heavy atom. The lowest BCUT2D eigenvalue weighted by Crippen LogP contribution is -2.29. The molecule has 1 aromatic rings. The zero-order valence-electron chi connectivity index (χ0n) is 9.23. The minimum atomic E-state index is -0.452. The molecule has 1 atom stereocenters. The minimum Gasteiger partial charge on any atom is -0.389 e. The quantitative estimate of drug-likeness (QED) is 0.717. The molecular formula is C11H18N2O2. The maximum atomic E-state index is 9.39. The van der Waals surface area contributed by atoms with Gasteiger partial charge in [-0.05, 0) is 18.6 Å². The lowest BCUT2D eigenvalue weighted by molar-refractivity contribution is 0.0644. The van der Waals surface area contributed by atoms with Crippen LogP contribution in [0.15, 0.2) is 18.3 Å². The second-order valence-electron chi connectivity index (χ2n) is 3.49. The van der Waals surface area contributed by atoms with Crippen LogP contribution in [0, 0.1) is 6.92 Å². The van der Waals surface area contributed by atoms with Gasteiger partial charge < -0.3 is 15.2 Å². The molecule has 0 spiro atoms. The average Bonchev–Trinajstić information content (AvgIpc) is 2.21. The zero-order valence-corrected chi connectivity index (χ0v) is 9.23. The van der Waals surface area contributed by atoms with Crippen LogP contribution in [-0.4, -0.2) is 36.5 Å². The van der Waals surface area contributed by atoms with Gasteiger partial charge in [-0.15, -0.1) is 0 Å². The number of ether oxygens (including phenoxy) is 1. The van der Waals surface area contributed by atoms with Crippen LogP contribution in [0.1, 0.15) is 11.3 Å². The summed E-state index contributed by atoms with van der Waals surface area (Å²) in [5.74, 6) is 0. The number of nitrogens with zero attached hydrogens (tertiary/aromatic N) is 1. The number of aryl methyl sites for hydroxylation is 1. The molecule has 0 aromatic carbocycles. The first kappa shape index (κ1) is 12.1. The largest absolute Gasteiger partial charge is 0.389 e. The first-order chi connectivity index (χ1) is 7.24. The third-order valence-corrected chi connectivity index (χ3v) is 2.17. The molecule has 0 amide bonds. The van der Waals surface area contributed by atoms with Crippen molar-refractivity contribution in [1.29, 1.82) is 0 Å². The van der Waals surface area contributed by atoms with Gasteiger partial charge in [-0.1, -0.05) is 6.07 Å². The van der Waals surface area contributed by atoms with Crippen molar-refractivity contribution in [2.24, 2.45) is 0 Å². The highest BCUT2D eigenvalue weighted by atomic mass is 16.5. The fourth-order valence-corrected chi connectivity index (χ4v) is 1.33. The molecule has 2 N–H and O–H groups in total. The number of hydrogen-bond acceptors (Lipinski definition) is 4. The number of methoxy groups -OCH3 is 1. The van der Waals surface area contributed by atoms with E-state index < -0.39 is 6.10 Å². The molecule has 1 heterocycles. The Balaban J connectivity index is 2.29. The van der Waals surface area contributed by atoms with E-state index in [4.69, 9.17) is 4.74 Å². The number of aliphatic hydroxyl groups is 1. The summed E-state index contributed by atoms with van der Waals surface area (Å²) in [5.41, 5.74) is 2.17. The highest BCUT2D eigenvalue weighted by Gasteiger charge is 2.03. The number of nitrogens with one attached hydrogen (secondary N) is 1. The van der Waals surface area contributed by atoms with Gasteiger partial charge in [0.1, 0.15) is 0 Å². The van der Waals surface area contributed by atoms with Crippen LogP contribution in [0.2, 0.25) is 0 Å². The van der Waals surface area contributed by atoms with Gasteiger partial charge >= 0.3 is 0 Å². The van der Waals surface area contributed by atoms with Gasteiger partial charge in [0.15, 0.2) is 0 Å². The lowest BCUT2D eigenvalue weighted by atomic mass is 10.2. The van der Waals surface area contributed by atoms with E-state index in [1.54, 1.807) is 13.3 Å². The standard InChI is InChI=1S/C11H18N2O2/c1-9-10(4-3-5-13-9)6-12-7-11(14)8-15-2/h3-5,11-12,14H,6-8H2,1-2H3. The molecule has 0 aliphatic rings. The van der Waals surface area contributed by atoms with Gasteiger partial charge in [-0.25, -0.2) is 0 Å². The smallest absolute Gasteiger partial charge is 0.0897 e. The van der Waals surface area contributed by atoms with Crippen LogP contribution in [0.4, 0.5) is 0 Å². The van der Waals surface area contributed by atoms with Gasteiger partial charge in [-0.2, -0.15) is 0 Å². The second-order valence-corrected chi connectivity index (χ2v) is 3.49. The third-order valence-electron chi connectivity index (χ3n) is 2.17. The second kappa shape index (κ2) is 6.50. The van der Waals surface area contributed by atoms with Crippen LogP contribution < -0.4 is 5.32 Å². The number of hydrogen-bond donors (Lipinski definition) is 2. The van der Waals surface area contributed by atoms with Crippen molar-refractivity contribution >= 4 is 0 Å². The van der Waals surface area contributed by atoms with Crippen LogP contribution in [0.25, 0.3) is 0 Å². The normalized spacial score (nSPS) is 12.7. The first-order valence-corrected chi connectivity index (χ1v) is 5.02. The first-order valence-electron chi connectivity index (χ1n) is 5.02. The molecule has 0 fully saturated rings. The number of rotatable bonds is 6. The Kier molecular flexibility index (Phi) is 5.25. The molecule has 0 bridgehead atoms. The molecule has 1 unspecified atom stereocenters. The van der Waals surface area contributed by atoms with Crippen LogP contribution in [0.3, 0.4) is 0 Å². The molecular weight excluding hydrogens is 192 g/mol. The summed E-state index contributed by atoms with van der Waals surface area (Å²) in [6.45, 7) is 3.59. The molecule has 0 radical (unpaired) electrons. The van der Waals surface area contributed by atoms with E-state index >= 15 is 0 Å². The topological polar surface area (TPSA) is 54.4 Å².